The minimum atomic E-state index is -0.200. The number of aryl methyl sites for hydroxylation is 1. The van der Waals surface area contributed by atoms with Gasteiger partial charge in [-0.25, -0.2) is 0 Å². The van der Waals surface area contributed by atoms with Gasteiger partial charge in [0.2, 0.25) is 5.91 Å². The molecule has 0 aliphatic carbocycles. The Hall–Kier alpha value is -2.27. The number of ketones is 1. The summed E-state index contributed by atoms with van der Waals surface area (Å²) >= 11 is 1.27. The number of Topliss-reactive ketones (excluding diaryl/α,β-unsaturated/α-hetero) is 1. The molecule has 22 heavy (non-hydrogen) atoms. The number of aromatic hydroxyl groups is 1. The summed E-state index contributed by atoms with van der Waals surface area (Å²) in [5.41, 5.74) is 1.95. The molecule has 4 nitrogen and oxygen atoms in total. The lowest BCUT2D eigenvalue weighted by Gasteiger charge is -2.07. The minimum Gasteiger partial charge on any atom is -0.508 e. The van der Waals surface area contributed by atoms with E-state index in [0.717, 1.165) is 5.56 Å². The molecule has 114 valence electrons. The highest BCUT2D eigenvalue weighted by molar-refractivity contribution is 8.00. The SMILES string of the molecule is Cc1ccc(NC(=O)CSCC(=O)c2ccccc2)cc1O. The number of anilines is 1. The van der Waals surface area contributed by atoms with Gasteiger partial charge in [0, 0.05) is 17.3 Å². The molecule has 0 saturated heterocycles. The number of thioether (sulfide) groups is 1. The van der Waals surface area contributed by atoms with Gasteiger partial charge in [0.05, 0.1) is 11.5 Å². The maximum Gasteiger partial charge on any atom is 0.234 e. The lowest BCUT2D eigenvalue weighted by molar-refractivity contribution is -0.113. The van der Waals surface area contributed by atoms with Gasteiger partial charge in [-0.1, -0.05) is 36.4 Å². The van der Waals surface area contributed by atoms with Gasteiger partial charge in [0.25, 0.3) is 0 Å². The van der Waals surface area contributed by atoms with Crippen molar-refractivity contribution in [3.63, 3.8) is 0 Å². The van der Waals surface area contributed by atoms with Gasteiger partial charge < -0.3 is 10.4 Å². The van der Waals surface area contributed by atoms with E-state index in [-0.39, 0.29) is 28.9 Å². The molecule has 5 heteroatoms. The molecule has 0 saturated carbocycles. The van der Waals surface area contributed by atoms with Crippen LogP contribution in [0.3, 0.4) is 0 Å². The third kappa shape index (κ3) is 4.63. The molecule has 2 aromatic rings. The zero-order chi connectivity index (χ0) is 15.9. The zero-order valence-electron chi connectivity index (χ0n) is 12.2. The van der Waals surface area contributed by atoms with Crippen molar-refractivity contribution >= 4 is 29.1 Å². The number of benzene rings is 2. The highest BCUT2D eigenvalue weighted by Gasteiger charge is 2.08. The Morgan fingerprint density at radius 1 is 1.09 bits per heavy atom. The number of hydrogen-bond donors (Lipinski definition) is 2. The molecule has 2 N–H and O–H groups in total. The van der Waals surface area contributed by atoms with Crippen molar-refractivity contribution in [3.05, 3.63) is 59.7 Å². The number of carbonyl (C=O) groups excluding carboxylic acids is 2. The number of hydrogen-bond acceptors (Lipinski definition) is 4. The van der Waals surface area contributed by atoms with Crippen molar-refractivity contribution in [1.29, 1.82) is 0 Å². The topological polar surface area (TPSA) is 66.4 Å². The molecule has 0 bridgehead atoms. The second-order valence-corrected chi connectivity index (χ2v) is 5.82. The monoisotopic (exact) mass is 315 g/mol. The summed E-state index contributed by atoms with van der Waals surface area (Å²) in [6.07, 6.45) is 0. The average Bonchev–Trinajstić information content (AvgIpc) is 2.51. The number of phenols is 1. The number of amides is 1. The smallest absolute Gasteiger partial charge is 0.234 e. The molecule has 2 rings (SSSR count). The third-order valence-corrected chi connectivity index (χ3v) is 3.99. The standard InChI is InChI=1S/C17H17NO3S/c1-12-7-8-14(9-15(12)19)18-17(21)11-22-10-16(20)13-5-3-2-4-6-13/h2-9,19H,10-11H2,1H3,(H,18,21). The lowest BCUT2D eigenvalue weighted by atomic mass is 10.2. The number of rotatable bonds is 6. The first-order valence-corrected chi connectivity index (χ1v) is 7.97. The summed E-state index contributed by atoms with van der Waals surface area (Å²) in [5.74, 6) is 0.397. The van der Waals surface area contributed by atoms with Gasteiger partial charge in [-0.2, -0.15) is 0 Å². The van der Waals surface area contributed by atoms with E-state index in [2.05, 4.69) is 5.32 Å². The minimum absolute atomic E-state index is 0.00591. The summed E-state index contributed by atoms with van der Waals surface area (Å²) in [5, 5.41) is 12.3. The molecule has 2 aromatic carbocycles. The molecule has 1 amide bonds. The van der Waals surface area contributed by atoms with Crippen LogP contribution in [0.2, 0.25) is 0 Å². The van der Waals surface area contributed by atoms with Crippen LogP contribution in [0.15, 0.2) is 48.5 Å². The maximum atomic E-state index is 11.9. The van der Waals surface area contributed by atoms with Crippen LogP contribution in [0.5, 0.6) is 5.75 Å². The van der Waals surface area contributed by atoms with Gasteiger partial charge >= 0.3 is 0 Å². The van der Waals surface area contributed by atoms with Crippen LogP contribution < -0.4 is 5.32 Å². The Morgan fingerprint density at radius 3 is 2.50 bits per heavy atom. The summed E-state index contributed by atoms with van der Waals surface area (Å²) in [6.45, 7) is 1.78. The van der Waals surface area contributed by atoms with E-state index < -0.39 is 0 Å². The van der Waals surface area contributed by atoms with E-state index in [1.165, 1.54) is 17.8 Å². The van der Waals surface area contributed by atoms with Gasteiger partial charge in [-0.05, 0) is 18.6 Å². The fraction of sp³-hybridized carbons (Fsp3) is 0.176. The van der Waals surface area contributed by atoms with E-state index >= 15 is 0 Å². The Morgan fingerprint density at radius 2 is 1.82 bits per heavy atom. The van der Waals surface area contributed by atoms with Crippen LogP contribution >= 0.6 is 11.8 Å². The Labute approximate surface area is 133 Å². The van der Waals surface area contributed by atoms with Crippen molar-refractivity contribution in [2.24, 2.45) is 0 Å². The molecule has 0 radical (unpaired) electrons. The van der Waals surface area contributed by atoms with Crippen LogP contribution in [0.25, 0.3) is 0 Å². The molecular formula is C17H17NO3S. The third-order valence-electron chi connectivity index (χ3n) is 3.05. The summed E-state index contributed by atoms with van der Waals surface area (Å²) in [7, 11) is 0. The fourth-order valence-electron chi connectivity index (χ4n) is 1.83. The number of carbonyl (C=O) groups is 2. The van der Waals surface area contributed by atoms with Gasteiger partial charge in [0.1, 0.15) is 5.75 Å². The summed E-state index contributed by atoms with van der Waals surface area (Å²) < 4.78 is 0. The Kier molecular flexibility index (Phi) is 5.61. The van der Waals surface area contributed by atoms with Crippen molar-refractivity contribution < 1.29 is 14.7 Å². The molecule has 0 unspecified atom stereocenters. The Bertz CT molecular complexity index is 671. The van der Waals surface area contributed by atoms with Gasteiger partial charge in [-0.3, -0.25) is 9.59 Å². The van der Waals surface area contributed by atoms with Crippen molar-refractivity contribution in [1.82, 2.24) is 0 Å². The van der Waals surface area contributed by atoms with Gasteiger partial charge in [0.15, 0.2) is 5.78 Å². The van der Waals surface area contributed by atoms with E-state index in [9.17, 15) is 14.7 Å². The Balaban J connectivity index is 1.78. The largest absolute Gasteiger partial charge is 0.508 e. The maximum absolute atomic E-state index is 11.9. The van der Waals surface area contributed by atoms with Crippen molar-refractivity contribution in [3.8, 4) is 5.75 Å². The first-order valence-electron chi connectivity index (χ1n) is 6.82. The second kappa shape index (κ2) is 7.66. The van der Waals surface area contributed by atoms with Crippen LogP contribution in [-0.2, 0) is 4.79 Å². The molecule has 0 atom stereocenters. The zero-order valence-corrected chi connectivity index (χ0v) is 13.0. The number of nitrogens with one attached hydrogen (secondary N) is 1. The van der Waals surface area contributed by atoms with E-state index in [1.54, 1.807) is 31.2 Å². The van der Waals surface area contributed by atoms with Gasteiger partial charge in [-0.15, -0.1) is 11.8 Å². The van der Waals surface area contributed by atoms with E-state index in [1.807, 2.05) is 18.2 Å². The molecular weight excluding hydrogens is 298 g/mol. The van der Waals surface area contributed by atoms with Crippen LogP contribution in [0.1, 0.15) is 15.9 Å². The number of phenolic OH excluding ortho intramolecular Hbond substituents is 1. The average molecular weight is 315 g/mol. The van der Waals surface area contributed by atoms with Crippen molar-refractivity contribution in [2.45, 2.75) is 6.92 Å². The molecule has 0 heterocycles. The van der Waals surface area contributed by atoms with Crippen molar-refractivity contribution in [2.75, 3.05) is 16.8 Å². The van der Waals surface area contributed by atoms with Crippen LogP contribution in [-0.4, -0.2) is 28.3 Å². The highest BCUT2D eigenvalue weighted by atomic mass is 32.2. The molecule has 0 aromatic heterocycles. The van der Waals surface area contributed by atoms with E-state index in [0.29, 0.717) is 11.3 Å². The van der Waals surface area contributed by atoms with Crippen LogP contribution in [0, 0.1) is 6.92 Å². The summed E-state index contributed by atoms with van der Waals surface area (Å²) in [6, 6.07) is 14.0. The first-order chi connectivity index (χ1) is 10.6. The predicted octanol–water partition coefficient (Wildman–Crippen LogP) is 3.26. The molecule has 0 spiro atoms. The second-order valence-electron chi connectivity index (χ2n) is 4.83. The summed E-state index contributed by atoms with van der Waals surface area (Å²) in [4.78, 5) is 23.7. The molecule has 0 aliphatic heterocycles. The van der Waals surface area contributed by atoms with Crippen LogP contribution in [0.4, 0.5) is 5.69 Å². The fourth-order valence-corrected chi connectivity index (χ4v) is 2.54. The lowest BCUT2D eigenvalue weighted by Crippen LogP contribution is -2.15. The quantitative estimate of drug-likeness (QED) is 0.803. The predicted molar refractivity (Wildman–Crippen MR) is 89.6 cm³/mol. The highest BCUT2D eigenvalue weighted by Crippen LogP contribution is 2.21. The molecule has 0 fully saturated rings. The molecule has 0 aliphatic rings. The van der Waals surface area contributed by atoms with E-state index in [4.69, 9.17) is 0 Å². The normalized spacial score (nSPS) is 10.2. The first kappa shape index (κ1) is 16.1.